The number of carbonyl (C=O) groups excluding carboxylic acids is 1. The summed E-state index contributed by atoms with van der Waals surface area (Å²) in [5, 5.41) is 5.86. The quantitative estimate of drug-likeness (QED) is 0.832. The molecule has 1 atom stereocenters. The van der Waals surface area contributed by atoms with Crippen LogP contribution in [-0.2, 0) is 10.0 Å². The van der Waals surface area contributed by atoms with Crippen molar-refractivity contribution in [3.8, 4) is 0 Å². The molecule has 1 aromatic carbocycles. The largest absolute Gasteiger partial charge is 0.350 e. The summed E-state index contributed by atoms with van der Waals surface area (Å²) < 4.78 is 25.1. The molecular formula is C14H22ClN3O3S. The summed E-state index contributed by atoms with van der Waals surface area (Å²) in [4.78, 5) is 12.0. The standard InChI is InChI=1S/C14H21N3O3S.ClH/c1-11(15-2)10-16-14(18)12-4-6-13(7-5-12)17-8-3-9-21(17,19)20;/h4-7,11,15H,3,8-10H2,1-2H3,(H,16,18);1H. The summed E-state index contributed by atoms with van der Waals surface area (Å²) >= 11 is 0. The fourth-order valence-corrected chi connectivity index (χ4v) is 3.72. The summed E-state index contributed by atoms with van der Waals surface area (Å²) in [5.41, 5.74) is 1.14. The molecule has 124 valence electrons. The number of likely N-dealkylation sites (N-methyl/N-ethyl adjacent to an activating group) is 1. The zero-order valence-electron chi connectivity index (χ0n) is 12.7. The van der Waals surface area contributed by atoms with Crippen LogP contribution in [-0.4, -0.2) is 46.3 Å². The molecule has 6 nitrogen and oxygen atoms in total. The van der Waals surface area contributed by atoms with E-state index < -0.39 is 10.0 Å². The van der Waals surface area contributed by atoms with Gasteiger partial charge in [-0.3, -0.25) is 9.10 Å². The van der Waals surface area contributed by atoms with Gasteiger partial charge < -0.3 is 10.6 Å². The molecule has 22 heavy (non-hydrogen) atoms. The maximum Gasteiger partial charge on any atom is 0.251 e. The number of amides is 1. The van der Waals surface area contributed by atoms with Crippen molar-refractivity contribution in [3.63, 3.8) is 0 Å². The third kappa shape index (κ3) is 4.34. The van der Waals surface area contributed by atoms with Crippen LogP contribution >= 0.6 is 12.4 Å². The lowest BCUT2D eigenvalue weighted by Crippen LogP contribution is -2.37. The zero-order valence-corrected chi connectivity index (χ0v) is 14.3. The van der Waals surface area contributed by atoms with E-state index in [1.54, 1.807) is 24.3 Å². The number of rotatable bonds is 5. The second-order valence-electron chi connectivity index (χ2n) is 5.19. The molecule has 1 aromatic rings. The first kappa shape index (κ1) is 18.7. The second kappa shape index (κ2) is 7.80. The van der Waals surface area contributed by atoms with Crippen molar-refractivity contribution in [1.82, 2.24) is 10.6 Å². The highest BCUT2D eigenvalue weighted by molar-refractivity contribution is 7.93. The Kier molecular flexibility index (Phi) is 6.65. The number of carbonyl (C=O) groups is 1. The van der Waals surface area contributed by atoms with Crippen LogP contribution in [0.4, 0.5) is 5.69 Å². The lowest BCUT2D eigenvalue weighted by Gasteiger charge is -2.17. The Morgan fingerprint density at radius 2 is 1.95 bits per heavy atom. The highest BCUT2D eigenvalue weighted by Gasteiger charge is 2.28. The summed E-state index contributed by atoms with van der Waals surface area (Å²) in [6, 6.07) is 6.87. The number of halogens is 1. The van der Waals surface area contributed by atoms with Gasteiger partial charge in [-0.1, -0.05) is 0 Å². The van der Waals surface area contributed by atoms with Gasteiger partial charge in [0.1, 0.15) is 0 Å². The van der Waals surface area contributed by atoms with Crippen LogP contribution in [0.1, 0.15) is 23.7 Å². The first-order valence-corrected chi connectivity index (χ1v) is 8.61. The maximum atomic E-state index is 12.0. The maximum absolute atomic E-state index is 12.0. The Labute approximate surface area is 137 Å². The molecule has 1 fully saturated rings. The van der Waals surface area contributed by atoms with Gasteiger partial charge in [0.15, 0.2) is 0 Å². The molecule has 0 aliphatic carbocycles. The van der Waals surface area contributed by atoms with Gasteiger partial charge in [-0.25, -0.2) is 8.42 Å². The molecule has 0 radical (unpaired) electrons. The van der Waals surface area contributed by atoms with E-state index in [-0.39, 0.29) is 30.1 Å². The molecule has 1 heterocycles. The van der Waals surface area contributed by atoms with Crippen LogP contribution < -0.4 is 14.9 Å². The van der Waals surface area contributed by atoms with Crippen molar-refractivity contribution in [3.05, 3.63) is 29.8 Å². The first-order valence-electron chi connectivity index (χ1n) is 7.00. The Morgan fingerprint density at radius 1 is 1.32 bits per heavy atom. The number of anilines is 1. The third-order valence-corrected chi connectivity index (χ3v) is 5.45. The van der Waals surface area contributed by atoms with Crippen molar-refractivity contribution in [2.24, 2.45) is 0 Å². The minimum atomic E-state index is -3.17. The van der Waals surface area contributed by atoms with E-state index in [9.17, 15) is 13.2 Å². The average Bonchev–Trinajstić information content (AvgIpc) is 2.84. The lowest BCUT2D eigenvalue weighted by molar-refractivity contribution is 0.0950. The van der Waals surface area contributed by atoms with E-state index in [0.717, 1.165) is 0 Å². The molecule has 0 bridgehead atoms. The molecule has 2 rings (SSSR count). The number of hydrogen-bond donors (Lipinski definition) is 2. The van der Waals surface area contributed by atoms with Crippen molar-refractivity contribution < 1.29 is 13.2 Å². The van der Waals surface area contributed by atoms with Crippen molar-refractivity contribution in [2.45, 2.75) is 19.4 Å². The lowest BCUT2D eigenvalue weighted by atomic mass is 10.2. The number of hydrogen-bond acceptors (Lipinski definition) is 4. The number of nitrogens with zero attached hydrogens (tertiary/aromatic N) is 1. The average molecular weight is 348 g/mol. The minimum Gasteiger partial charge on any atom is -0.350 e. The Hall–Kier alpha value is -1.31. The summed E-state index contributed by atoms with van der Waals surface area (Å²) in [7, 11) is -1.34. The normalized spacial score (nSPS) is 17.6. The Balaban J connectivity index is 0.00000242. The Morgan fingerprint density at radius 3 is 2.45 bits per heavy atom. The van der Waals surface area contributed by atoms with Crippen LogP contribution in [0.25, 0.3) is 0 Å². The van der Waals surface area contributed by atoms with Gasteiger partial charge in [0.05, 0.1) is 11.4 Å². The molecule has 2 N–H and O–H groups in total. The van der Waals surface area contributed by atoms with Gasteiger partial charge in [0, 0.05) is 24.7 Å². The van der Waals surface area contributed by atoms with E-state index in [4.69, 9.17) is 0 Å². The van der Waals surface area contributed by atoms with Crippen molar-refractivity contribution in [1.29, 1.82) is 0 Å². The Bertz CT molecular complexity index is 604. The van der Waals surface area contributed by atoms with Crippen molar-refractivity contribution >= 4 is 34.0 Å². The van der Waals surface area contributed by atoms with Crippen LogP contribution in [0.5, 0.6) is 0 Å². The van der Waals surface area contributed by atoms with E-state index in [2.05, 4.69) is 10.6 Å². The molecule has 0 spiro atoms. The van der Waals surface area contributed by atoms with Crippen LogP contribution in [0.3, 0.4) is 0 Å². The SMILES string of the molecule is CNC(C)CNC(=O)c1ccc(N2CCCS2(=O)=O)cc1.Cl. The third-order valence-electron chi connectivity index (χ3n) is 3.58. The summed E-state index contributed by atoms with van der Waals surface area (Å²) in [6.07, 6.45) is 0.645. The molecule has 1 aliphatic rings. The smallest absolute Gasteiger partial charge is 0.251 e. The van der Waals surface area contributed by atoms with E-state index in [1.165, 1.54) is 4.31 Å². The van der Waals surface area contributed by atoms with E-state index >= 15 is 0 Å². The molecule has 1 amide bonds. The predicted molar refractivity (Wildman–Crippen MR) is 90.3 cm³/mol. The molecule has 0 aromatic heterocycles. The van der Waals surface area contributed by atoms with Crippen LogP contribution in [0, 0.1) is 0 Å². The number of nitrogens with one attached hydrogen (secondary N) is 2. The molecule has 1 aliphatic heterocycles. The minimum absolute atomic E-state index is 0. The van der Waals surface area contributed by atoms with Gasteiger partial charge in [-0.2, -0.15) is 0 Å². The first-order chi connectivity index (χ1) is 9.94. The molecule has 1 saturated heterocycles. The van der Waals surface area contributed by atoms with Gasteiger partial charge in [0.25, 0.3) is 5.91 Å². The highest BCUT2D eigenvalue weighted by atomic mass is 35.5. The molecule has 0 saturated carbocycles. The van der Waals surface area contributed by atoms with Crippen LogP contribution in [0.15, 0.2) is 24.3 Å². The van der Waals surface area contributed by atoms with Gasteiger partial charge in [-0.15, -0.1) is 12.4 Å². The van der Waals surface area contributed by atoms with Crippen molar-refractivity contribution in [2.75, 3.05) is 30.2 Å². The highest BCUT2D eigenvalue weighted by Crippen LogP contribution is 2.24. The number of benzene rings is 1. The fourth-order valence-electron chi connectivity index (χ4n) is 2.16. The number of sulfonamides is 1. The second-order valence-corrected chi connectivity index (χ2v) is 7.20. The molecule has 8 heteroatoms. The van der Waals surface area contributed by atoms with Gasteiger partial charge in [0.2, 0.25) is 10.0 Å². The molecule has 1 unspecified atom stereocenters. The zero-order chi connectivity index (χ0) is 15.5. The van der Waals surface area contributed by atoms with E-state index in [0.29, 0.717) is 30.8 Å². The fraction of sp³-hybridized carbons (Fsp3) is 0.500. The summed E-state index contributed by atoms with van der Waals surface area (Å²) in [5.74, 6) is 0.0323. The van der Waals surface area contributed by atoms with Gasteiger partial charge >= 0.3 is 0 Å². The predicted octanol–water partition coefficient (Wildman–Crippen LogP) is 0.986. The van der Waals surface area contributed by atoms with E-state index in [1.807, 2.05) is 14.0 Å². The van der Waals surface area contributed by atoms with Crippen LogP contribution in [0.2, 0.25) is 0 Å². The summed E-state index contributed by atoms with van der Waals surface area (Å²) in [6.45, 7) is 3.02. The molecular weight excluding hydrogens is 326 g/mol. The monoisotopic (exact) mass is 347 g/mol. The topological polar surface area (TPSA) is 78.5 Å². The van der Waals surface area contributed by atoms with Gasteiger partial charge in [-0.05, 0) is 44.7 Å².